The van der Waals surface area contributed by atoms with Gasteiger partial charge in [0.2, 0.25) is 5.13 Å². The second-order valence-corrected chi connectivity index (χ2v) is 11.4. The molecule has 3 aromatic carbocycles. The smallest absolute Gasteiger partial charge is 0.257 e. The SMILES string of the molecule is CC(C)(C)c1ccc(C(=O)Nc2nnc(SCC(=O)c3ccc(OCc4ccccc4)cc3)s2)cc1. The van der Waals surface area contributed by atoms with Crippen LogP contribution in [0.25, 0.3) is 0 Å². The van der Waals surface area contributed by atoms with E-state index in [1.807, 2.05) is 54.6 Å². The Labute approximate surface area is 219 Å². The normalized spacial score (nSPS) is 11.2. The van der Waals surface area contributed by atoms with Gasteiger partial charge in [-0.15, -0.1) is 10.2 Å². The van der Waals surface area contributed by atoms with E-state index in [9.17, 15) is 9.59 Å². The third kappa shape index (κ3) is 7.02. The number of nitrogens with zero attached hydrogens (tertiary/aromatic N) is 2. The molecule has 8 heteroatoms. The summed E-state index contributed by atoms with van der Waals surface area (Å²) in [7, 11) is 0. The Morgan fingerprint density at radius 1 is 0.889 bits per heavy atom. The molecule has 4 aromatic rings. The molecule has 0 aliphatic heterocycles. The lowest BCUT2D eigenvalue weighted by Crippen LogP contribution is -2.14. The van der Waals surface area contributed by atoms with Crippen LogP contribution in [0, 0.1) is 0 Å². The number of ether oxygens (including phenoxy) is 1. The standard InChI is InChI=1S/C28H27N3O3S2/c1-28(2,3)22-13-9-21(10-14-22)25(33)29-26-30-31-27(36-26)35-18-24(32)20-11-15-23(16-12-20)34-17-19-7-5-4-6-8-19/h4-16H,17-18H2,1-3H3,(H,29,30,33). The first-order valence-corrected chi connectivity index (χ1v) is 13.3. The van der Waals surface area contributed by atoms with Gasteiger partial charge in [0, 0.05) is 11.1 Å². The summed E-state index contributed by atoms with van der Waals surface area (Å²) >= 11 is 2.54. The van der Waals surface area contributed by atoms with E-state index in [0.717, 1.165) is 11.1 Å². The molecule has 0 unspecified atom stereocenters. The molecule has 184 valence electrons. The number of rotatable bonds is 9. The van der Waals surface area contributed by atoms with Gasteiger partial charge in [-0.3, -0.25) is 14.9 Å². The summed E-state index contributed by atoms with van der Waals surface area (Å²) in [5.41, 5.74) is 3.42. The number of thioether (sulfide) groups is 1. The highest BCUT2D eigenvalue weighted by atomic mass is 32.2. The van der Waals surface area contributed by atoms with E-state index in [1.165, 1.54) is 23.1 Å². The molecule has 0 spiro atoms. The van der Waals surface area contributed by atoms with Crippen molar-refractivity contribution in [3.05, 3.63) is 101 Å². The van der Waals surface area contributed by atoms with Crippen LogP contribution in [0.2, 0.25) is 0 Å². The molecule has 4 rings (SSSR count). The van der Waals surface area contributed by atoms with Gasteiger partial charge in [0.25, 0.3) is 5.91 Å². The molecule has 1 amide bonds. The minimum Gasteiger partial charge on any atom is -0.489 e. The largest absolute Gasteiger partial charge is 0.489 e. The van der Waals surface area contributed by atoms with Crippen molar-refractivity contribution < 1.29 is 14.3 Å². The molecule has 1 N–H and O–H groups in total. The Balaban J connectivity index is 1.26. The van der Waals surface area contributed by atoms with E-state index in [-0.39, 0.29) is 22.9 Å². The summed E-state index contributed by atoms with van der Waals surface area (Å²) < 4.78 is 6.39. The van der Waals surface area contributed by atoms with Crippen molar-refractivity contribution in [1.82, 2.24) is 10.2 Å². The zero-order valence-corrected chi connectivity index (χ0v) is 22.0. The number of benzene rings is 3. The number of aromatic nitrogens is 2. The quantitative estimate of drug-likeness (QED) is 0.152. The fourth-order valence-corrected chi connectivity index (χ4v) is 4.94. The van der Waals surface area contributed by atoms with Crippen molar-refractivity contribution in [2.75, 3.05) is 11.1 Å². The average molecular weight is 518 g/mol. The van der Waals surface area contributed by atoms with Gasteiger partial charge in [-0.25, -0.2) is 0 Å². The number of hydrogen-bond acceptors (Lipinski definition) is 7. The van der Waals surface area contributed by atoms with Gasteiger partial charge in [-0.1, -0.05) is 86.3 Å². The van der Waals surface area contributed by atoms with Crippen molar-refractivity contribution in [3.63, 3.8) is 0 Å². The Kier molecular flexibility index (Phi) is 8.18. The molecule has 0 atom stereocenters. The van der Waals surface area contributed by atoms with E-state index >= 15 is 0 Å². The number of Topliss-reactive ketones (excluding diaryl/α,β-unsaturated/α-hetero) is 1. The van der Waals surface area contributed by atoms with Gasteiger partial charge in [0.15, 0.2) is 10.1 Å². The molecule has 0 bridgehead atoms. The maximum atomic E-state index is 12.6. The monoisotopic (exact) mass is 517 g/mol. The van der Waals surface area contributed by atoms with Gasteiger partial charge in [-0.2, -0.15) is 0 Å². The van der Waals surface area contributed by atoms with Gasteiger partial charge >= 0.3 is 0 Å². The molecule has 0 saturated carbocycles. The molecule has 0 aliphatic carbocycles. The fraction of sp³-hybridized carbons (Fsp3) is 0.214. The van der Waals surface area contributed by atoms with Crippen molar-refractivity contribution >= 4 is 39.9 Å². The lowest BCUT2D eigenvalue weighted by atomic mass is 9.87. The van der Waals surface area contributed by atoms with Crippen LogP contribution in [0.4, 0.5) is 5.13 Å². The third-order valence-corrected chi connectivity index (χ3v) is 7.36. The summed E-state index contributed by atoms with van der Waals surface area (Å²) in [5.74, 6) is 0.671. The van der Waals surface area contributed by atoms with Crippen LogP contribution < -0.4 is 10.1 Å². The topological polar surface area (TPSA) is 81.2 Å². The van der Waals surface area contributed by atoms with Crippen LogP contribution in [-0.4, -0.2) is 27.6 Å². The Morgan fingerprint density at radius 2 is 1.56 bits per heavy atom. The number of nitrogens with one attached hydrogen (secondary N) is 1. The molecular weight excluding hydrogens is 490 g/mol. The fourth-order valence-electron chi connectivity index (χ4n) is 3.30. The zero-order chi connectivity index (χ0) is 25.5. The van der Waals surface area contributed by atoms with Gasteiger partial charge < -0.3 is 4.74 Å². The van der Waals surface area contributed by atoms with Crippen LogP contribution in [0.5, 0.6) is 5.75 Å². The van der Waals surface area contributed by atoms with Crippen molar-refractivity contribution in [1.29, 1.82) is 0 Å². The number of amides is 1. The second-order valence-electron chi connectivity index (χ2n) is 9.17. The lowest BCUT2D eigenvalue weighted by Gasteiger charge is -2.18. The van der Waals surface area contributed by atoms with Gasteiger partial charge in [0.1, 0.15) is 12.4 Å². The number of anilines is 1. The summed E-state index contributed by atoms with van der Waals surface area (Å²) in [4.78, 5) is 25.1. The van der Waals surface area contributed by atoms with Crippen LogP contribution in [0.3, 0.4) is 0 Å². The molecule has 0 fully saturated rings. The first kappa shape index (κ1) is 25.6. The van der Waals surface area contributed by atoms with Crippen LogP contribution >= 0.6 is 23.1 Å². The van der Waals surface area contributed by atoms with E-state index in [1.54, 1.807) is 24.3 Å². The van der Waals surface area contributed by atoms with Gasteiger partial charge in [0.05, 0.1) is 5.75 Å². The molecule has 36 heavy (non-hydrogen) atoms. The zero-order valence-electron chi connectivity index (χ0n) is 20.4. The highest BCUT2D eigenvalue weighted by Gasteiger charge is 2.16. The van der Waals surface area contributed by atoms with Crippen LogP contribution in [0.15, 0.2) is 83.2 Å². The van der Waals surface area contributed by atoms with E-state index in [4.69, 9.17) is 4.74 Å². The highest BCUT2D eigenvalue weighted by molar-refractivity contribution is 8.01. The summed E-state index contributed by atoms with van der Waals surface area (Å²) in [6, 6.07) is 24.6. The van der Waals surface area contributed by atoms with Crippen LogP contribution in [0.1, 0.15) is 52.6 Å². The molecule has 0 saturated heterocycles. The summed E-state index contributed by atoms with van der Waals surface area (Å²) in [6.45, 7) is 6.86. The van der Waals surface area contributed by atoms with E-state index in [2.05, 4.69) is 36.3 Å². The predicted octanol–water partition coefficient (Wildman–Crippen LogP) is 6.64. The minimum absolute atomic E-state index is 0.0191. The Hall–Kier alpha value is -3.49. The Morgan fingerprint density at radius 3 is 2.22 bits per heavy atom. The van der Waals surface area contributed by atoms with Crippen LogP contribution in [-0.2, 0) is 12.0 Å². The molecule has 1 aromatic heterocycles. The van der Waals surface area contributed by atoms with Crippen molar-refractivity contribution in [2.45, 2.75) is 37.1 Å². The van der Waals surface area contributed by atoms with Crippen molar-refractivity contribution in [3.8, 4) is 5.75 Å². The molecule has 1 heterocycles. The number of hydrogen-bond donors (Lipinski definition) is 1. The first-order valence-electron chi connectivity index (χ1n) is 11.5. The van der Waals surface area contributed by atoms with E-state index < -0.39 is 0 Å². The maximum absolute atomic E-state index is 12.6. The highest BCUT2D eigenvalue weighted by Crippen LogP contribution is 2.27. The summed E-state index contributed by atoms with van der Waals surface area (Å²) in [5, 5.41) is 11.3. The Bertz CT molecular complexity index is 1310. The number of carbonyl (C=O) groups is 2. The number of ketones is 1. The first-order chi connectivity index (χ1) is 17.3. The average Bonchev–Trinajstić information content (AvgIpc) is 3.33. The molecule has 0 aliphatic rings. The van der Waals surface area contributed by atoms with Gasteiger partial charge in [-0.05, 0) is 52.9 Å². The lowest BCUT2D eigenvalue weighted by molar-refractivity contribution is 0.101. The molecule has 6 nitrogen and oxygen atoms in total. The summed E-state index contributed by atoms with van der Waals surface area (Å²) in [6.07, 6.45) is 0. The number of carbonyl (C=O) groups excluding carboxylic acids is 2. The third-order valence-electron chi connectivity index (χ3n) is 5.39. The van der Waals surface area contributed by atoms with Crippen molar-refractivity contribution in [2.24, 2.45) is 0 Å². The minimum atomic E-state index is -0.242. The predicted molar refractivity (Wildman–Crippen MR) is 145 cm³/mol. The van der Waals surface area contributed by atoms with E-state index in [0.29, 0.717) is 33.0 Å². The molecule has 0 radical (unpaired) electrons. The molecular formula is C28H27N3O3S2. The maximum Gasteiger partial charge on any atom is 0.257 e. The second kappa shape index (κ2) is 11.5.